The van der Waals surface area contributed by atoms with Crippen LogP contribution >= 0.6 is 0 Å². The lowest BCUT2D eigenvalue weighted by atomic mass is 9.82. The van der Waals surface area contributed by atoms with Gasteiger partial charge in [-0.1, -0.05) is 13.3 Å². The lowest BCUT2D eigenvalue weighted by molar-refractivity contribution is -0.129. The van der Waals surface area contributed by atoms with Crippen LogP contribution in [0.4, 0.5) is 4.79 Å². The smallest absolute Gasteiger partial charge is 0.324 e. The van der Waals surface area contributed by atoms with Gasteiger partial charge in [0.05, 0.1) is 12.0 Å². The number of nitrogens with zero attached hydrogens (tertiary/aromatic N) is 3. The molecule has 1 fully saturated rings. The quantitative estimate of drug-likeness (QED) is 0.473. The van der Waals surface area contributed by atoms with E-state index in [1.54, 1.807) is 31.2 Å². The van der Waals surface area contributed by atoms with Crippen LogP contribution in [0.3, 0.4) is 0 Å². The zero-order valence-electron chi connectivity index (χ0n) is 21.1. The van der Waals surface area contributed by atoms with Crippen LogP contribution in [0.5, 0.6) is 5.75 Å². The number of ether oxygens (including phenoxy) is 1. The molecule has 0 aliphatic carbocycles. The molecule has 1 aromatic carbocycles. The van der Waals surface area contributed by atoms with Crippen LogP contribution in [-0.4, -0.2) is 88.4 Å². The number of sulfonamides is 1. The van der Waals surface area contributed by atoms with Crippen LogP contribution in [0, 0.1) is 11.8 Å². The van der Waals surface area contributed by atoms with Gasteiger partial charge in [0, 0.05) is 32.6 Å². The highest BCUT2D eigenvalue weighted by Crippen LogP contribution is 2.32. The summed E-state index contributed by atoms with van der Waals surface area (Å²) in [6, 6.07) is 6.03. The first-order valence-electron chi connectivity index (χ1n) is 12.0. The standard InChI is InChI=1S/C24H40N4O5S/c1-6-19-18-27(34(31,32)22-11-9-21(33-5)10-12-22)16-13-20(19)17-23(29)28(7-2)24(30)25-14-8-15-26(3)4/h9-12,19-20H,6-8,13-18H2,1-5H3,(H,25,30)/t19-,20-/m0/s1. The van der Waals surface area contributed by atoms with Crippen molar-refractivity contribution in [3.63, 3.8) is 0 Å². The number of benzene rings is 1. The predicted molar refractivity (Wildman–Crippen MR) is 132 cm³/mol. The highest BCUT2D eigenvalue weighted by atomic mass is 32.2. The van der Waals surface area contributed by atoms with Gasteiger partial charge in [0.1, 0.15) is 5.75 Å². The number of urea groups is 1. The Hall–Kier alpha value is -2.17. The fourth-order valence-electron chi connectivity index (χ4n) is 4.35. The third-order valence-corrected chi connectivity index (χ3v) is 8.31. The molecule has 0 saturated carbocycles. The van der Waals surface area contributed by atoms with Crippen molar-refractivity contribution >= 4 is 22.0 Å². The lowest BCUT2D eigenvalue weighted by Crippen LogP contribution is -2.47. The van der Waals surface area contributed by atoms with Gasteiger partial charge < -0.3 is 15.0 Å². The molecule has 9 nitrogen and oxygen atoms in total. The van der Waals surface area contributed by atoms with Gasteiger partial charge in [0.25, 0.3) is 0 Å². The zero-order chi connectivity index (χ0) is 25.3. The van der Waals surface area contributed by atoms with E-state index in [0.717, 1.165) is 19.4 Å². The van der Waals surface area contributed by atoms with Crippen molar-refractivity contribution < 1.29 is 22.7 Å². The largest absolute Gasteiger partial charge is 0.497 e. The molecule has 0 unspecified atom stereocenters. The number of hydrogen-bond donors (Lipinski definition) is 1. The molecule has 1 saturated heterocycles. The Balaban J connectivity index is 1.98. The minimum atomic E-state index is -3.62. The summed E-state index contributed by atoms with van der Waals surface area (Å²) in [5.41, 5.74) is 0. The van der Waals surface area contributed by atoms with E-state index in [4.69, 9.17) is 4.74 Å². The summed E-state index contributed by atoms with van der Waals surface area (Å²) in [7, 11) is 1.86. The van der Waals surface area contributed by atoms with Crippen LogP contribution < -0.4 is 10.1 Å². The molecule has 1 aliphatic rings. The Morgan fingerprint density at radius 1 is 1.15 bits per heavy atom. The van der Waals surface area contributed by atoms with E-state index < -0.39 is 10.0 Å². The highest BCUT2D eigenvalue weighted by molar-refractivity contribution is 7.89. The maximum atomic E-state index is 13.1. The minimum Gasteiger partial charge on any atom is -0.497 e. The van der Waals surface area contributed by atoms with E-state index in [9.17, 15) is 18.0 Å². The van der Waals surface area contributed by atoms with Gasteiger partial charge >= 0.3 is 6.03 Å². The Morgan fingerprint density at radius 3 is 2.38 bits per heavy atom. The lowest BCUT2D eigenvalue weighted by Gasteiger charge is -2.38. The summed E-state index contributed by atoms with van der Waals surface area (Å²) in [5, 5.41) is 2.83. The van der Waals surface area contributed by atoms with Gasteiger partial charge in [0.15, 0.2) is 0 Å². The van der Waals surface area contributed by atoms with Crippen molar-refractivity contribution in [2.24, 2.45) is 11.8 Å². The first-order valence-corrected chi connectivity index (χ1v) is 13.4. The molecule has 1 N–H and O–H groups in total. The third-order valence-electron chi connectivity index (χ3n) is 6.43. The number of carbonyl (C=O) groups is 2. The molecule has 1 aliphatic heterocycles. The Morgan fingerprint density at radius 2 is 1.82 bits per heavy atom. The normalized spacial score (nSPS) is 19.1. The summed E-state index contributed by atoms with van der Waals surface area (Å²) in [5.74, 6) is 0.482. The number of imide groups is 1. The third kappa shape index (κ3) is 7.41. The average Bonchev–Trinajstić information content (AvgIpc) is 2.82. The van der Waals surface area contributed by atoms with Crippen LogP contribution in [0.25, 0.3) is 0 Å². The van der Waals surface area contributed by atoms with E-state index in [2.05, 4.69) is 5.32 Å². The Bertz CT molecular complexity index is 904. The van der Waals surface area contributed by atoms with Crippen LogP contribution in [-0.2, 0) is 14.8 Å². The summed E-state index contributed by atoms with van der Waals surface area (Å²) in [6.45, 7) is 6.20. The van der Waals surface area contributed by atoms with E-state index in [1.807, 2.05) is 25.9 Å². The SMILES string of the molecule is CC[C@H]1CN(S(=O)(=O)c2ccc(OC)cc2)CC[C@H]1CC(=O)N(CC)C(=O)NCCCN(C)C. The Labute approximate surface area is 204 Å². The monoisotopic (exact) mass is 496 g/mol. The second-order valence-corrected chi connectivity index (χ2v) is 10.9. The van der Waals surface area contributed by atoms with E-state index in [0.29, 0.717) is 38.3 Å². The van der Waals surface area contributed by atoms with Crippen LogP contribution in [0.1, 0.15) is 39.5 Å². The minimum absolute atomic E-state index is 0.0374. The molecular formula is C24H40N4O5S. The number of nitrogens with one attached hydrogen (secondary N) is 1. The van der Waals surface area contributed by atoms with Gasteiger partial charge in [-0.25, -0.2) is 13.2 Å². The van der Waals surface area contributed by atoms with Crippen molar-refractivity contribution in [1.82, 2.24) is 19.4 Å². The molecule has 0 radical (unpaired) electrons. The van der Waals surface area contributed by atoms with Gasteiger partial charge in [-0.2, -0.15) is 4.31 Å². The van der Waals surface area contributed by atoms with Crippen molar-refractivity contribution in [3.8, 4) is 5.75 Å². The van der Waals surface area contributed by atoms with Crippen molar-refractivity contribution in [3.05, 3.63) is 24.3 Å². The van der Waals surface area contributed by atoms with Crippen LogP contribution in [0.2, 0.25) is 0 Å². The van der Waals surface area contributed by atoms with Gasteiger partial charge in [-0.05, 0) is 76.5 Å². The highest BCUT2D eigenvalue weighted by Gasteiger charge is 2.36. The molecule has 1 aromatic rings. The summed E-state index contributed by atoms with van der Waals surface area (Å²) < 4.78 is 32.9. The van der Waals surface area contributed by atoms with Gasteiger partial charge in [0.2, 0.25) is 15.9 Å². The molecule has 0 bridgehead atoms. The number of hydrogen-bond acceptors (Lipinski definition) is 6. The molecule has 1 heterocycles. The molecule has 10 heteroatoms. The molecule has 2 rings (SSSR count). The van der Waals surface area contributed by atoms with Gasteiger partial charge in [-0.15, -0.1) is 0 Å². The second kappa shape index (κ2) is 13.1. The molecule has 2 atom stereocenters. The van der Waals surface area contributed by atoms with Crippen LogP contribution in [0.15, 0.2) is 29.2 Å². The number of piperidine rings is 1. The van der Waals surface area contributed by atoms with Crippen molar-refractivity contribution in [2.75, 3.05) is 53.9 Å². The molecule has 0 spiro atoms. The predicted octanol–water partition coefficient (Wildman–Crippen LogP) is 2.63. The fourth-order valence-corrected chi connectivity index (χ4v) is 5.86. The first-order chi connectivity index (χ1) is 16.1. The van der Waals surface area contributed by atoms with Gasteiger partial charge in [-0.3, -0.25) is 9.69 Å². The Kier molecular flexibility index (Phi) is 10.8. The second-order valence-electron chi connectivity index (χ2n) is 8.99. The number of methoxy groups -OCH3 is 1. The zero-order valence-corrected chi connectivity index (χ0v) is 21.9. The maximum absolute atomic E-state index is 13.1. The summed E-state index contributed by atoms with van der Waals surface area (Å²) in [6.07, 6.45) is 2.40. The molecule has 192 valence electrons. The fraction of sp³-hybridized carbons (Fsp3) is 0.667. The molecule has 0 aromatic heterocycles. The molecule has 34 heavy (non-hydrogen) atoms. The number of amides is 3. The maximum Gasteiger partial charge on any atom is 0.324 e. The van der Waals surface area contributed by atoms with Crippen molar-refractivity contribution in [1.29, 1.82) is 0 Å². The number of rotatable bonds is 11. The summed E-state index contributed by atoms with van der Waals surface area (Å²) in [4.78, 5) is 29.0. The molecular weight excluding hydrogens is 456 g/mol. The van der Waals surface area contributed by atoms with Crippen molar-refractivity contribution in [2.45, 2.75) is 44.4 Å². The van der Waals surface area contributed by atoms with E-state index >= 15 is 0 Å². The van der Waals surface area contributed by atoms with E-state index in [-0.39, 0.29) is 35.1 Å². The summed E-state index contributed by atoms with van der Waals surface area (Å²) >= 11 is 0. The molecule has 3 amide bonds. The average molecular weight is 497 g/mol. The topological polar surface area (TPSA) is 99.3 Å². The number of carbonyl (C=O) groups excluding carboxylic acids is 2. The van der Waals surface area contributed by atoms with E-state index in [1.165, 1.54) is 16.3 Å². The first kappa shape index (κ1) is 28.1.